The monoisotopic (exact) mass is 152 g/mol. The van der Waals surface area contributed by atoms with Crippen LogP contribution in [0.3, 0.4) is 0 Å². The van der Waals surface area contributed by atoms with Gasteiger partial charge in [-0.05, 0) is 20.8 Å². The Hall–Kier alpha value is -1.12. The smallest absolute Gasteiger partial charge is 0.253 e. The number of hydrogen-bond donors (Lipinski definition) is 0. The van der Waals surface area contributed by atoms with Gasteiger partial charge in [0.2, 0.25) is 0 Å². The summed E-state index contributed by atoms with van der Waals surface area (Å²) in [6, 6.07) is 1.67. The molecule has 60 valence electrons. The Kier molecular flexibility index (Phi) is 2.08. The maximum atomic E-state index is 11.2. The van der Waals surface area contributed by atoms with E-state index in [1.807, 2.05) is 20.8 Å². The Labute approximate surface area is 65.7 Å². The lowest BCUT2D eigenvalue weighted by Crippen LogP contribution is -2.23. The topological polar surface area (TPSA) is 34.9 Å². The van der Waals surface area contributed by atoms with Crippen LogP contribution in [0.4, 0.5) is 0 Å². The summed E-state index contributed by atoms with van der Waals surface area (Å²) in [5, 5.41) is 0. The van der Waals surface area contributed by atoms with Gasteiger partial charge in [-0.3, -0.25) is 9.36 Å². The average Bonchev–Trinajstić information content (AvgIpc) is 1.85. The fourth-order valence-electron chi connectivity index (χ4n) is 1.14. The van der Waals surface area contributed by atoms with E-state index in [0.29, 0.717) is 0 Å². The van der Waals surface area contributed by atoms with Crippen molar-refractivity contribution in [3.8, 4) is 0 Å². The van der Waals surface area contributed by atoms with Gasteiger partial charge in [-0.25, -0.2) is 4.98 Å². The van der Waals surface area contributed by atoms with Crippen molar-refractivity contribution in [1.82, 2.24) is 9.55 Å². The van der Waals surface area contributed by atoms with Gasteiger partial charge in [-0.15, -0.1) is 0 Å². The highest BCUT2D eigenvalue weighted by molar-refractivity contribution is 4.92. The normalized spacial score (nSPS) is 10.5. The van der Waals surface area contributed by atoms with Crippen molar-refractivity contribution in [2.45, 2.75) is 26.8 Å². The second-order valence-electron chi connectivity index (χ2n) is 2.79. The first-order chi connectivity index (χ1) is 5.13. The van der Waals surface area contributed by atoms with E-state index in [4.69, 9.17) is 0 Å². The number of hydrogen-bond acceptors (Lipinski definition) is 2. The van der Waals surface area contributed by atoms with Crippen molar-refractivity contribution in [1.29, 1.82) is 0 Å². The van der Waals surface area contributed by atoms with E-state index in [9.17, 15) is 4.79 Å². The summed E-state index contributed by atoms with van der Waals surface area (Å²) in [4.78, 5) is 15.2. The molecule has 0 bridgehead atoms. The van der Waals surface area contributed by atoms with E-state index >= 15 is 0 Å². The molecule has 0 saturated heterocycles. The molecule has 0 amide bonds. The van der Waals surface area contributed by atoms with Gasteiger partial charge in [-0.1, -0.05) is 0 Å². The second-order valence-corrected chi connectivity index (χ2v) is 2.79. The van der Waals surface area contributed by atoms with Gasteiger partial charge in [-0.2, -0.15) is 0 Å². The van der Waals surface area contributed by atoms with Gasteiger partial charge >= 0.3 is 0 Å². The molecule has 1 rings (SSSR count). The van der Waals surface area contributed by atoms with E-state index in [-0.39, 0.29) is 11.6 Å². The van der Waals surface area contributed by atoms with Crippen molar-refractivity contribution in [2.75, 3.05) is 0 Å². The van der Waals surface area contributed by atoms with Crippen LogP contribution in [0.5, 0.6) is 0 Å². The van der Waals surface area contributed by atoms with Crippen molar-refractivity contribution >= 4 is 0 Å². The molecule has 0 aliphatic rings. The molecule has 0 unspecified atom stereocenters. The lowest BCUT2D eigenvalue weighted by molar-refractivity contribution is 0.548. The molecule has 0 aromatic carbocycles. The lowest BCUT2D eigenvalue weighted by atomic mass is 10.3. The first-order valence-electron chi connectivity index (χ1n) is 3.67. The zero-order chi connectivity index (χ0) is 8.43. The van der Waals surface area contributed by atoms with Crippen molar-refractivity contribution in [3.63, 3.8) is 0 Å². The Morgan fingerprint density at radius 3 is 2.55 bits per heavy atom. The molecule has 1 aromatic heterocycles. The van der Waals surface area contributed by atoms with Gasteiger partial charge in [0.25, 0.3) is 5.56 Å². The third-order valence-electron chi connectivity index (χ3n) is 1.58. The first kappa shape index (κ1) is 7.98. The summed E-state index contributed by atoms with van der Waals surface area (Å²) in [6.07, 6.45) is 1.54. The van der Waals surface area contributed by atoms with Crippen LogP contribution in [0, 0.1) is 6.92 Å². The number of rotatable bonds is 1. The third kappa shape index (κ3) is 1.48. The molecule has 1 aromatic rings. The molecule has 0 fully saturated rings. The zero-order valence-corrected chi connectivity index (χ0v) is 7.03. The van der Waals surface area contributed by atoms with Crippen molar-refractivity contribution in [3.05, 3.63) is 28.4 Å². The van der Waals surface area contributed by atoms with Crippen LogP contribution in [-0.4, -0.2) is 9.55 Å². The summed E-state index contributed by atoms with van der Waals surface area (Å²) >= 11 is 0. The molecule has 0 N–H and O–H groups in total. The van der Waals surface area contributed by atoms with Crippen molar-refractivity contribution < 1.29 is 0 Å². The molecule has 3 nitrogen and oxygen atoms in total. The summed E-state index contributed by atoms with van der Waals surface area (Å²) in [5.74, 6) is 0.771. The van der Waals surface area contributed by atoms with Crippen LogP contribution in [-0.2, 0) is 0 Å². The highest BCUT2D eigenvalue weighted by atomic mass is 16.1. The summed E-state index contributed by atoms with van der Waals surface area (Å²) in [6.45, 7) is 5.77. The molecule has 0 aliphatic carbocycles. The van der Waals surface area contributed by atoms with Crippen LogP contribution in [0.1, 0.15) is 25.7 Å². The number of aromatic nitrogens is 2. The molecule has 3 heteroatoms. The Morgan fingerprint density at radius 1 is 1.55 bits per heavy atom. The maximum Gasteiger partial charge on any atom is 0.253 e. The summed E-state index contributed by atoms with van der Waals surface area (Å²) in [5.41, 5.74) is 0.0208. The Balaban J connectivity index is 3.33. The maximum absolute atomic E-state index is 11.2. The van der Waals surface area contributed by atoms with Gasteiger partial charge in [0.1, 0.15) is 5.82 Å². The van der Waals surface area contributed by atoms with E-state index in [1.165, 1.54) is 12.3 Å². The largest absolute Gasteiger partial charge is 0.294 e. The first-order valence-corrected chi connectivity index (χ1v) is 3.67. The fraction of sp³-hybridized carbons (Fsp3) is 0.500. The minimum Gasteiger partial charge on any atom is -0.294 e. The molecular weight excluding hydrogens is 140 g/mol. The predicted molar refractivity (Wildman–Crippen MR) is 43.6 cm³/mol. The fourth-order valence-corrected chi connectivity index (χ4v) is 1.14. The van der Waals surface area contributed by atoms with Crippen LogP contribution in [0.25, 0.3) is 0 Å². The SMILES string of the molecule is Cc1nccc(=O)n1C(C)C. The molecule has 0 radical (unpaired) electrons. The molecule has 1 heterocycles. The van der Waals surface area contributed by atoms with E-state index in [1.54, 1.807) is 4.57 Å². The van der Waals surface area contributed by atoms with Gasteiger partial charge < -0.3 is 0 Å². The molecule has 0 spiro atoms. The van der Waals surface area contributed by atoms with E-state index < -0.39 is 0 Å². The summed E-state index contributed by atoms with van der Waals surface area (Å²) in [7, 11) is 0. The van der Waals surface area contributed by atoms with E-state index in [2.05, 4.69) is 4.98 Å². The quantitative estimate of drug-likeness (QED) is 0.604. The number of aryl methyl sites for hydroxylation is 1. The van der Waals surface area contributed by atoms with Crippen LogP contribution in [0.2, 0.25) is 0 Å². The van der Waals surface area contributed by atoms with Gasteiger partial charge in [0.05, 0.1) is 0 Å². The number of nitrogens with zero attached hydrogens (tertiary/aromatic N) is 2. The highest BCUT2D eigenvalue weighted by Crippen LogP contribution is 2.00. The Bertz CT molecular complexity index is 301. The molecule has 0 atom stereocenters. The Morgan fingerprint density at radius 2 is 2.18 bits per heavy atom. The molecular formula is C8H12N2O. The van der Waals surface area contributed by atoms with Gasteiger partial charge in [0, 0.05) is 18.3 Å². The third-order valence-corrected chi connectivity index (χ3v) is 1.58. The van der Waals surface area contributed by atoms with E-state index in [0.717, 1.165) is 5.82 Å². The van der Waals surface area contributed by atoms with Gasteiger partial charge in [0.15, 0.2) is 0 Å². The standard InChI is InChI=1S/C8H12N2O/c1-6(2)10-7(3)9-5-4-8(10)11/h4-6H,1-3H3. The molecule has 0 aliphatic heterocycles. The van der Waals surface area contributed by atoms with Crippen LogP contribution >= 0.6 is 0 Å². The lowest BCUT2D eigenvalue weighted by Gasteiger charge is -2.10. The molecule has 0 saturated carbocycles. The molecule has 11 heavy (non-hydrogen) atoms. The van der Waals surface area contributed by atoms with Crippen LogP contribution < -0.4 is 5.56 Å². The zero-order valence-electron chi connectivity index (χ0n) is 7.03. The minimum absolute atomic E-state index is 0.0208. The predicted octanol–water partition coefficient (Wildman–Crippen LogP) is 1.13. The second kappa shape index (κ2) is 2.86. The highest BCUT2D eigenvalue weighted by Gasteiger charge is 2.02. The average molecular weight is 152 g/mol. The van der Waals surface area contributed by atoms with Crippen LogP contribution in [0.15, 0.2) is 17.1 Å². The van der Waals surface area contributed by atoms with Crippen molar-refractivity contribution in [2.24, 2.45) is 0 Å². The summed E-state index contributed by atoms with van der Waals surface area (Å²) < 4.78 is 1.67. The minimum atomic E-state index is 0.0208.